The molecule has 1 fully saturated rings. The number of pyridine rings is 1. The Morgan fingerprint density at radius 3 is 2.43 bits per heavy atom. The number of rotatable bonds is 4. The molecule has 10 heteroatoms. The fourth-order valence-electron chi connectivity index (χ4n) is 6.57. The van der Waals surface area contributed by atoms with Crippen LogP contribution in [0.5, 0.6) is 5.75 Å². The van der Waals surface area contributed by atoms with Crippen molar-refractivity contribution in [3.05, 3.63) is 60.4 Å². The molecular weight excluding hydrogens is 510 g/mol. The fourth-order valence-corrected chi connectivity index (χ4v) is 11.4. The van der Waals surface area contributed by atoms with Crippen molar-refractivity contribution in [2.24, 2.45) is 10.9 Å². The number of hydrogen-bond acceptors (Lipinski definition) is 8. The second-order valence-corrected chi connectivity index (χ2v) is 14.9. The van der Waals surface area contributed by atoms with Gasteiger partial charge in [0.05, 0.1) is 6.21 Å². The monoisotopic (exact) mass is 539 g/mol. The minimum Gasteiger partial charge on any atom is -0.457 e. The normalized spacial score (nSPS) is 23.1. The largest absolute Gasteiger partial charge is 0.457 e. The Labute approximate surface area is 217 Å². The molecule has 3 heterocycles. The maximum Gasteiger partial charge on any atom is 0.262 e. The summed E-state index contributed by atoms with van der Waals surface area (Å²) in [4.78, 5) is 10.8. The van der Waals surface area contributed by atoms with E-state index in [9.17, 15) is 16.8 Å². The molecule has 2 aromatic carbocycles. The maximum absolute atomic E-state index is 13.8. The van der Waals surface area contributed by atoms with Crippen LogP contribution in [0.2, 0.25) is 0 Å². The molecule has 3 aromatic rings. The van der Waals surface area contributed by atoms with Crippen LogP contribution in [0.25, 0.3) is 10.8 Å². The number of aliphatic imine (C=N–C) groups is 1. The second-order valence-electron chi connectivity index (χ2n) is 10.4. The minimum atomic E-state index is -4.32. The molecule has 1 atom stereocenters. The first kappa shape index (κ1) is 24.4. The lowest BCUT2D eigenvalue weighted by atomic mass is 9.88. The van der Waals surface area contributed by atoms with Crippen LogP contribution >= 0.6 is 0 Å². The van der Waals surface area contributed by atoms with E-state index < -0.39 is 29.5 Å². The van der Waals surface area contributed by atoms with Gasteiger partial charge in [0.25, 0.3) is 9.80 Å². The van der Waals surface area contributed by atoms with Crippen molar-refractivity contribution in [1.29, 1.82) is 0 Å². The molecule has 0 saturated heterocycles. The molecule has 194 valence electrons. The van der Waals surface area contributed by atoms with Crippen LogP contribution < -0.4 is 9.64 Å². The molecule has 8 nitrogen and oxygen atoms in total. The Bertz CT molecular complexity index is 1610. The van der Waals surface area contributed by atoms with E-state index in [4.69, 9.17) is 9.73 Å². The van der Waals surface area contributed by atoms with E-state index in [0.29, 0.717) is 23.7 Å². The van der Waals surface area contributed by atoms with Gasteiger partial charge in [-0.1, -0.05) is 43.5 Å². The van der Waals surface area contributed by atoms with Gasteiger partial charge in [-0.05, 0) is 42.3 Å². The second kappa shape index (κ2) is 8.26. The van der Waals surface area contributed by atoms with Crippen molar-refractivity contribution in [2.45, 2.75) is 41.9 Å². The number of nitrogens with zero attached hydrogens (tertiary/aromatic N) is 3. The highest BCUT2D eigenvalue weighted by atomic mass is 32.3. The van der Waals surface area contributed by atoms with Crippen molar-refractivity contribution < 1.29 is 21.6 Å². The molecule has 1 aromatic heterocycles. The van der Waals surface area contributed by atoms with E-state index in [-0.39, 0.29) is 11.5 Å². The lowest BCUT2D eigenvalue weighted by molar-refractivity contribution is 0.121. The Morgan fingerprint density at radius 1 is 0.973 bits per heavy atom. The molecule has 37 heavy (non-hydrogen) atoms. The van der Waals surface area contributed by atoms with Crippen LogP contribution in [0.1, 0.15) is 37.7 Å². The van der Waals surface area contributed by atoms with E-state index in [1.807, 2.05) is 17.0 Å². The zero-order valence-corrected chi connectivity index (χ0v) is 22.4. The third-order valence-corrected chi connectivity index (χ3v) is 13.0. The molecule has 1 saturated carbocycles. The summed E-state index contributed by atoms with van der Waals surface area (Å²) in [5.41, 5.74) is -0.673. The molecule has 1 spiro atoms. The molecule has 1 unspecified atom stereocenters. The van der Waals surface area contributed by atoms with Crippen molar-refractivity contribution in [2.75, 3.05) is 24.0 Å². The van der Waals surface area contributed by atoms with E-state index in [1.54, 1.807) is 42.7 Å². The predicted octanol–water partition coefficient (Wildman–Crippen LogP) is 4.37. The third kappa shape index (κ3) is 3.31. The van der Waals surface area contributed by atoms with Gasteiger partial charge in [0, 0.05) is 48.1 Å². The van der Waals surface area contributed by atoms with Gasteiger partial charge in [-0.2, -0.15) is 0 Å². The molecule has 6 rings (SSSR count). The summed E-state index contributed by atoms with van der Waals surface area (Å²) < 4.78 is 59.6. The number of para-hydroxylation sites is 1. The Balaban J connectivity index is 1.66. The zero-order chi connectivity index (χ0) is 26.1. The van der Waals surface area contributed by atoms with E-state index in [2.05, 4.69) is 4.98 Å². The predicted molar refractivity (Wildman–Crippen MR) is 145 cm³/mol. The van der Waals surface area contributed by atoms with Gasteiger partial charge in [-0.15, -0.1) is 0 Å². The first-order valence-corrected chi connectivity index (χ1v) is 16.3. The third-order valence-electron chi connectivity index (χ3n) is 8.02. The van der Waals surface area contributed by atoms with Gasteiger partial charge < -0.3 is 9.64 Å². The van der Waals surface area contributed by atoms with E-state index in [1.165, 1.54) is 12.6 Å². The number of benzene rings is 2. The van der Waals surface area contributed by atoms with Gasteiger partial charge in [0.1, 0.15) is 11.4 Å². The van der Waals surface area contributed by atoms with Crippen LogP contribution in [0.4, 0.5) is 11.4 Å². The standard InChI is InChI=1S/C27H29N3O5S2/c1-36(31,32)27(37(2,33)34)22-10-6-7-11-23(22)30(17-19-8-4-3-5-9-19)26(27)18-29-25-21-16-28-15-14-20(21)12-13-24(25)35-26/h6-7,10-16,18-19H,3-5,8-9,17H2,1-2H3. The van der Waals surface area contributed by atoms with Gasteiger partial charge in [-0.25, -0.2) is 16.8 Å². The average molecular weight is 540 g/mol. The molecule has 0 N–H and O–H groups in total. The summed E-state index contributed by atoms with van der Waals surface area (Å²) in [6, 6.07) is 12.3. The highest BCUT2D eigenvalue weighted by molar-refractivity contribution is 8.09. The van der Waals surface area contributed by atoms with Crippen LogP contribution in [0.15, 0.2) is 59.9 Å². The number of sulfone groups is 2. The van der Waals surface area contributed by atoms with Crippen molar-refractivity contribution in [3.8, 4) is 5.75 Å². The van der Waals surface area contributed by atoms with Crippen molar-refractivity contribution >= 4 is 48.0 Å². The Hall–Kier alpha value is -2.98. The average Bonchev–Trinajstić information content (AvgIpc) is 3.10. The maximum atomic E-state index is 13.8. The summed E-state index contributed by atoms with van der Waals surface area (Å²) in [6.45, 7) is 0.459. The number of aromatic nitrogens is 1. The summed E-state index contributed by atoms with van der Waals surface area (Å²) in [5, 5.41) is 1.64. The Morgan fingerprint density at radius 2 is 1.70 bits per heavy atom. The number of anilines is 1. The minimum absolute atomic E-state index is 0.202. The lowest BCUT2D eigenvalue weighted by Gasteiger charge is -2.47. The molecule has 0 amide bonds. The zero-order valence-electron chi connectivity index (χ0n) is 20.8. The molecule has 3 aliphatic rings. The van der Waals surface area contributed by atoms with Gasteiger partial charge in [0.2, 0.25) is 0 Å². The van der Waals surface area contributed by atoms with Crippen LogP contribution in [-0.4, -0.2) is 52.8 Å². The van der Waals surface area contributed by atoms with Gasteiger partial charge in [-0.3, -0.25) is 9.98 Å². The van der Waals surface area contributed by atoms with Gasteiger partial charge >= 0.3 is 0 Å². The number of fused-ring (bicyclic) bond motifs is 4. The molecular formula is C27H29N3O5S2. The highest BCUT2D eigenvalue weighted by Crippen LogP contribution is 2.59. The lowest BCUT2D eigenvalue weighted by Crippen LogP contribution is -2.69. The van der Waals surface area contributed by atoms with Crippen LogP contribution in [0, 0.1) is 5.92 Å². The molecule has 0 radical (unpaired) electrons. The quantitative estimate of drug-likeness (QED) is 0.485. The number of hydrogen-bond donors (Lipinski definition) is 0. The summed E-state index contributed by atoms with van der Waals surface area (Å²) in [7, 11) is -8.64. The summed E-state index contributed by atoms with van der Waals surface area (Å²) in [5.74, 6) is 0.592. The smallest absolute Gasteiger partial charge is 0.262 e. The summed E-state index contributed by atoms with van der Waals surface area (Å²) in [6.07, 6.45) is 12.1. The number of ether oxygens (including phenoxy) is 1. The molecule has 0 bridgehead atoms. The SMILES string of the molecule is CS(=O)(=O)C1(S(C)(=O)=O)c2ccccc2N(CC2CCCCC2)C12C=Nc1c(ccc3ccncc13)O2. The van der Waals surface area contributed by atoms with Crippen molar-refractivity contribution in [3.63, 3.8) is 0 Å². The topological polar surface area (TPSA) is 106 Å². The van der Waals surface area contributed by atoms with Crippen molar-refractivity contribution in [1.82, 2.24) is 4.98 Å². The first-order chi connectivity index (χ1) is 17.6. The summed E-state index contributed by atoms with van der Waals surface area (Å²) >= 11 is 0. The molecule has 2 aliphatic heterocycles. The van der Waals surface area contributed by atoms with Crippen LogP contribution in [-0.2, 0) is 23.8 Å². The van der Waals surface area contributed by atoms with Gasteiger partial charge in [0.15, 0.2) is 19.7 Å². The van der Waals surface area contributed by atoms with E-state index in [0.717, 1.165) is 49.0 Å². The van der Waals surface area contributed by atoms with Crippen LogP contribution in [0.3, 0.4) is 0 Å². The molecule has 1 aliphatic carbocycles. The Kier molecular flexibility index (Phi) is 5.44. The van der Waals surface area contributed by atoms with E-state index >= 15 is 0 Å². The fraction of sp³-hybridized carbons (Fsp3) is 0.407. The highest BCUT2D eigenvalue weighted by Gasteiger charge is 2.76. The first-order valence-electron chi connectivity index (χ1n) is 12.5.